The van der Waals surface area contributed by atoms with Gasteiger partial charge in [-0.3, -0.25) is 0 Å². The smallest absolute Gasteiger partial charge is 0.149 e. The number of hydrogen-bond donors (Lipinski definition) is 1. The van der Waals surface area contributed by atoms with Gasteiger partial charge in [-0.2, -0.15) is 0 Å². The Balaban J connectivity index is 2.46. The molecule has 0 saturated carbocycles. The molecule has 0 spiro atoms. The zero-order valence-electron chi connectivity index (χ0n) is 6.62. The van der Waals surface area contributed by atoms with Gasteiger partial charge in [0.25, 0.3) is 0 Å². The second kappa shape index (κ2) is 2.30. The van der Waals surface area contributed by atoms with Crippen LogP contribution in [0.1, 0.15) is 30.5 Å². The Labute approximate surface area is 65.4 Å². The normalized spacial score (nSPS) is 23.3. The molecule has 0 unspecified atom stereocenters. The molecule has 1 aromatic heterocycles. The van der Waals surface area contributed by atoms with Gasteiger partial charge >= 0.3 is 0 Å². The highest BCUT2D eigenvalue weighted by atomic mass is 15.3. The van der Waals surface area contributed by atoms with Crippen molar-refractivity contribution in [2.45, 2.75) is 32.4 Å². The van der Waals surface area contributed by atoms with Gasteiger partial charge in [0.2, 0.25) is 0 Å². The van der Waals surface area contributed by atoms with Crippen molar-refractivity contribution in [3.8, 4) is 0 Å². The van der Waals surface area contributed by atoms with Crippen molar-refractivity contribution in [2.24, 2.45) is 5.73 Å². The molecular formula is C7H12N4. The van der Waals surface area contributed by atoms with Gasteiger partial charge in [-0.1, -0.05) is 0 Å². The van der Waals surface area contributed by atoms with Crippen LogP contribution in [0.2, 0.25) is 0 Å². The van der Waals surface area contributed by atoms with Gasteiger partial charge in [-0.05, 0) is 19.8 Å². The van der Waals surface area contributed by atoms with E-state index in [2.05, 4.69) is 14.8 Å². The Bertz CT molecular complexity index is 265. The highest BCUT2D eigenvalue weighted by Gasteiger charge is 2.19. The topological polar surface area (TPSA) is 56.7 Å². The molecule has 0 saturated heterocycles. The summed E-state index contributed by atoms with van der Waals surface area (Å²) in [6.07, 6.45) is 2.19. The molecule has 0 amide bonds. The first-order valence-electron chi connectivity index (χ1n) is 3.94. The third-order valence-corrected chi connectivity index (χ3v) is 2.19. The number of aryl methyl sites for hydroxylation is 1. The minimum absolute atomic E-state index is 0.102. The van der Waals surface area contributed by atoms with Crippen LogP contribution in [0, 0.1) is 6.92 Å². The maximum Gasteiger partial charge on any atom is 0.149 e. The van der Waals surface area contributed by atoms with Crippen molar-refractivity contribution in [1.82, 2.24) is 14.8 Å². The summed E-state index contributed by atoms with van der Waals surface area (Å²) < 4.78 is 2.11. The first kappa shape index (κ1) is 6.79. The molecule has 1 aromatic rings. The molecule has 0 radical (unpaired) electrons. The molecule has 2 rings (SSSR count). The van der Waals surface area contributed by atoms with Crippen LogP contribution in [0.3, 0.4) is 0 Å². The molecule has 4 heteroatoms. The lowest BCUT2D eigenvalue weighted by atomic mass is 10.1. The van der Waals surface area contributed by atoms with E-state index in [0.717, 1.165) is 31.0 Å². The van der Waals surface area contributed by atoms with Crippen molar-refractivity contribution < 1.29 is 0 Å². The average molecular weight is 152 g/mol. The average Bonchev–Trinajstić information content (AvgIpc) is 2.35. The number of hydrogen-bond acceptors (Lipinski definition) is 3. The molecule has 1 atom stereocenters. The Kier molecular flexibility index (Phi) is 1.42. The SMILES string of the molecule is Cc1nnc2n1CCC[C@H]2N. The lowest BCUT2D eigenvalue weighted by molar-refractivity contribution is 0.446. The predicted molar refractivity (Wildman–Crippen MR) is 40.9 cm³/mol. The molecule has 1 aliphatic heterocycles. The summed E-state index contributed by atoms with van der Waals surface area (Å²) in [5, 5.41) is 8.01. The molecule has 60 valence electrons. The number of aromatic nitrogens is 3. The molecule has 0 bridgehead atoms. The fraction of sp³-hybridized carbons (Fsp3) is 0.714. The van der Waals surface area contributed by atoms with E-state index in [4.69, 9.17) is 5.73 Å². The lowest BCUT2D eigenvalue weighted by Crippen LogP contribution is -2.22. The minimum Gasteiger partial charge on any atom is -0.321 e. The molecule has 0 aromatic carbocycles. The highest BCUT2D eigenvalue weighted by Crippen LogP contribution is 2.20. The maximum atomic E-state index is 5.84. The zero-order chi connectivity index (χ0) is 7.84. The van der Waals surface area contributed by atoms with E-state index in [-0.39, 0.29) is 6.04 Å². The Morgan fingerprint density at radius 2 is 2.36 bits per heavy atom. The summed E-state index contributed by atoms with van der Waals surface area (Å²) in [5.74, 6) is 1.93. The summed E-state index contributed by atoms with van der Waals surface area (Å²) in [4.78, 5) is 0. The first-order chi connectivity index (χ1) is 5.29. The quantitative estimate of drug-likeness (QED) is 0.584. The van der Waals surface area contributed by atoms with Crippen LogP contribution in [0.4, 0.5) is 0 Å². The standard InChI is InChI=1S/C7H12N4/c1-5-9-10-7-6(8)3-2-4-11(5)7/h6H,2-4,8H2,1H3/t6-/m1/s1. The summed E-state index contributed by atoms with van der Waals surface area (Å²) in [6.45, 7) is 3.00. The molecule has 2 N–H and O–H groups in total. The van der Waals surface area contributed by atoms with Gasteiger partial charge in [0.05, 0.1) is 6.04 Å². The fourth-order valence-electron chi connectivity index (χ4n) is 1.55. The number of rotatable bonds is 0. The minimum atomic E-state index is 0.102. The van der Waals surface area contributed by atoms with Crippen molar-refractivity contribution in [2.75, 3.05) is 0 Å². The van der Waals surface area contributed by atoms with E-state index in [1.807, 2.05) is 6.92 Å². The summed E-state index contributed by atoms with van der Waals surface area (Å²) in [6, 6.07) is 0.102. The number of fused-ring (bicyclic) bond motifs is 1. The Morgan fingerprint density at radius 1 is 1.55 bits per heavy atom. The molecular weight excluding hydrogens is 140 g/mol. The van der Waals surface area contributed by atoms with Crippen molar-refractivity contribution in [3.05, 3.63) is 11.6 Å². The van der Waals surface area contributed by atoms with Gasteiger partial charge in [-0.15, -0.1) is 10.2 Å². The third kappa shape index (κ3) is 0.939. The van der Waals surface area contributed by atoms with Crippen LogP contribution in [0.15, 0.2) is 0 Å². The van der Waals surface area contributed by atoms with E-state index in [9.17, 15) is 0 Å². The number of nitrogens with two attached hydrogens (primary N) is 1. The van der Waals surface area contributed by atoms with Crippen molar-refractivity contribution in [3.63, 3.8) is 0 Å². The van der Waals surface area contributed by atoms with Crippen molar-refractivity contribution >= 4 is 0 Å². The molecule has 2 heterocycles. The van der Waals surface area contributed by atoms with Crippen LogP contribution in [-0.2, 0) is 6.54 Å². The van der Waals surface area contributed by atoms with E-state index in [1.54, 1.807) is 0 Å². The van der Waals surface area contributed by atoms with Crippen LogP contribution >= 0.6 is 0 Å². The van der Waals surface area contributed by atoms with Crippen LogP contribution in [0.25, 0.3) is 0 Å². The highest BCUT2D eigenvalue weighted by molar-refractivity contribution is 5.01. The van der Waals surface area contributed by atoms with E-state index in [0.29, 0.717) is 0 Å². The van der Waals surface area contributed by atoms with Gasteiger partial charge in [0.15, 0.2) is 0 Å². The lowest BCUT2D eigenvalue weighted by Gasteiger charge is -2.19. The fourth-order valence-corrected chi connectivity index (χ4v) is 1.55. The predicted octanol–water partition coefficient (Wildman–Crippen LogP) is 0.380. The second-order valence-corrected chi connectivity index (χ2v) is 3.01. The van der Waals surface area contributed by atoms with Crippen molar-refractivity contribution in [1.29, 1.82) is 0 Å². The van der Waals surface area contributed by atoms with Gasteiger partial charge in [0.1, 0.15) is 11.6 Å². The largest absolute Gasteiger partial charge is 0.321 e. The maximum absolute atomic E-state index is 5.84. The third-order valence-electron chi connectivity index (χ3n) is 2.19. The van der Waals surface area contributed by atoms with Crippen LogP contribution in [-0.4, -0.2) is 14.8 Å². The molecule has 1 aliphatic rings. The van der Waals surface area contributed by atoms with Gasteiger partial charge in [0, 0.05) is 6.54 Å². The van der Waals surface area contributed by atoms with E-state index >= 15 is 0 Å². The monoisotopic (exact) mass is 152 g/mol. The van der Waals surface area contributed by atoms with E-state index in [1.165, 1.54) is 0 Å². The van der Waals surface area contributed by atoms with E-state index < -0.39 is 0 Å². The Hall–Kier alpha value is -0.900. The molecule has 0 aliphatic carbocycles. The molecule has 11 heavy (non-hydrogen) atoms. The van der Waals surface area contributed by atoms with Crippen LogP contribution in [0.5, 0.6) is 0 Å². The molecule has 4 nitrogen and oxygen atoms in total. The first-order valence-corrected chi connectivity index (χ1v) is 3.94. The van der Waals surface area contributed by atoms with Gasteiger partial charge < -0.3 is 10.3 Å². The summed E-state index contributed by atoms with van der Waals surface area (Å²) >= 11 is 0. The zero-order valence-corrected chi connectivity index (χ0v) is 6.62. The number of nitrogens with zero attached hydrogens (tertiary/aromatic N) is 3. The summed E-state index contributed by atoms with van der Waals surface area (Å²) in [7, 11) is 0. The molecule has 0 fully saturated rings. The summed E-state index contributed by atoms with van der Waals surface area (Å²) in [5.41, 5.74) is 5.84. The Morgan fingerprint density at radius 3 is 3.09 bits per heavy atom. The van der Waals surface area contributed by atoms with Crippen LogP contribution < -0.4 is 5.73 Å². The second-order valence-electron chi connectivity index (χ2n) is 3.01. The van der Waals surface area contributed by atoms with Gasteiger partial charge in [-0.25, -0.2) is 0 Å².